The van der Waals surface area contributed by atoms with E-state index in [4.69, 9.17) is 9.47 Å². The number of para-hydroxylation sites is 1. The number of hydrogen-bond acceptors (Lipinski definition) is 7. The maximum atomic E-state index is 12.8. The Morgan fingerprint density at radius 1 is 1.21 bits per heavy atom. The molecule has 5 atom stereocenters. The molecule has 154 valence electrons. The quantitative estimate of drug-likeness (QED) is 0.478. The number of ether oxygens (including phenoxy) is 2. The summed E-state index contributed by atoms with van der Waals surface area (Å²) in [7, 11) is 0. The van der Waals surface area contributed by atoms with Crippen LogP contribution in [-0.2, 0) is 9.47 Å². The first kappa shape index (κ1) is 19.9. The molecule has 3 heterocycles. The number of pyridine rings is 1. The third kappa shape index (κ3) is 3.54. The number of rotatable bonds is 5. The summed E-state index contributed by atoms with van der Waals surface area (Å²) in [6.45, 7) is 3.51. The van der Waals surface area contributed by atoms with Crippen LogP contribution in [0.4, 0.5) is 0 Å². The second-order valence-corrected chi connectivity index (χ2v) is 7.44. The fourth-order valence-corrected chi connectivity index (χ4v) is 3.77. The zero-order valence-electron chi connectivity index (χ0n) is 16.2. The zero-order chi connectivity index (χ0) is 20.7. The molecule has 0 radical (unpaired) electrons. The Labute approximate surface area is 167 Å². The molecule has 0 aliphatic carbocycles. The summed E-state index contributed by atoms with van der Waals surface area (Å²) in [6, 6.07) is 7.83. The minimum absolute atomic E-state index is 0.0205. The van der Waals surface area contributed by atoms with Crippen LogP contribution >= 0.6 is 0 Å². The topological polar surface area (TPSA) is 125 Å². The molecule has 1 fully saturated rings. The van der Waals surface area contributed by atoms with Crippen LogP contribution < -0.4 is 0 Å². The number of benzene rings is 1. The number of Topliss-reactive ketones (excluding diaryl/α,β-unsaturated/α-hetero) is 1. The van der Waals surface area contributed by atoms with Gasteiger partial charge in [-0.1, -0.05) is 18.2 Å². The van der Waals surface area contributed by atoms with E-state index in [1.54, 1.807) is 13.1 Å². The summed E-state index contributed by atoms with van der Waals surface area (Å²) >= 11 is 0. The summed E-state index contributed by atoms with van der Waals surface area (Å²) < 4.78 is 10.8. The van der Waals surface area contributed by atoms with Crippen LogP contribution in [0.3, 0.4) is 0 Å². The average Bonchev–Trinajstić information content (AvgIpc) is 3.10. The van der Waals surface area contributed by atoms with Gasteiger partial charge in [-0.15, -0.1) is 0 Å². The van der Waals surface area contributed by atoms with Crippen molar-refractivity contribution in [1.29, 1.82) is 0 Å². The molecule has 0 spiro atoms. The van der Waals surface area contributed by atoms with E-state index in [1.165, 1.54) is 0 Å². The molecule has 4 rings (SSSR count). The van der Waals surface area contributed by atoms with E-state index >= 15 is 0 Å². The summed E-state index contributed by atoms with van der Waals surface area (Å²) in [4.78, 5) is 20.4. The molecular formula is C21H24N2O6. The smallest absolute Gasteiger partial charge is 0.186 e. The Hall–Kier alpha value is -2.36. The summed E-state index contributed by atoms with van der Waals surface area (Å²) in [5, 5.41) is 31.6. The van der Waals surface area contributed by atoms with E-state index in [1.807, 2.05) is 31.2 Å². The molecule has 0 amide bonds. The Bertz CT molecular complexity index is 1050. The third-order valence-corrected chi connectivity index (χ3v) is 5.41. The first-order valence-electron chi connectivity index (χ1n) is 9.59. The van der Waals surface area contributed by atoms with Gasteiger partial charge in [-0.3, -0.25) is 9.78 Å². The summed E-state index contributed by atoms with van der Waals surface area (Å²) in [6.07, 6.45) is -4.06. The van der Waals surface area contributed by atoms with Gasteiger partial charge >= 0.3 is 0 Å². The van der Waals surface area contributed by atoms with E-state index in [9.17, 15) is 20.1 Å². The number of aromatic amines is 1. The molecule has 1 aliphatic heterocycles. The Morgan fingerprint density at radius 2 is 1.97 bits per heavy atom. The van der Waals surface area contributed by atoms with Crippen LogP contribution in [-0.4, -0.2) is 68.4 Å². The van der Waals surface area contributed by atoms with Crippen LogP contribution in [0.2, 0.25) is 0 Å². The van der Waals surface area contributed by atoms with E-state index in [-0.39, 0.29) is 18.8 Å². The largest absolute Gasteiger partial charge is 0.388 e. The number of aromatic nitrogens is 2. The van der Waals surface area contributed by atoms with Gasteiger partial charge in [0, 0.05) is 28.9 Å². The number of ketones is 1. The summed E-state index contributed by atoms with van der Waals surface area (Å²) in [5.74, 6) is -0.208. The Balaban J connectivity index is 1.49. The molecule has 3 aromatic rings. The maximum absolute atomic E-state index is 12.8. The van der Waals surface area contributed by atoms with E-state index < -0.39 is 30.7 Å². The molecule has 0 unspecified atom stereocenters. The zero-order valence-corrected chi connectivity index (χ0v) is 16.2. The molecule has 8 heteroatoms. The van der Waals surface area contributed by atoms with Crippen molar-refractivity contribution in [2.24, 2.45) is 0 Å². The van der Waals surface area contributed by atoms with Gasteiger partial charge in [0.15, 0.2) is 12.1 Å². The lowest BCUT2D eigenvalue weighted by Gasteiger charge is -2.38. The number of aliphatic hydroxyl groups excluding tert-OH is 3. The van der Waals surface area contributed by atoms with Gasteiger partial charge in [0.1, 0.15) is 24.0 Å². The van der Waals surface area contributed by atoms with Crippen molar-refractivity contribution < 1.29 is 29.6 Å². The van der Waals surface area contributed by atoms with E-state index in [2.05, 4.69) is 9.97 Å². The predicted octanol–water partition coefficient (Wildman–Crippen LogP) is 1.44. The molecule has 0 saturated carbocycles. The first-order valence-corrected chi connectivity index (χ1v) is 9.59. The standard InChI is InChI=1S/C21H24N2O6/c1-10-9-22-16(17-15(10)12-5-3-4-6-13(12)23-17)14(24)7-8-28-21-20(27)19(26)18(25)11(2)29-21/h3-6,9,11,18-21,23,25-27H,7-8H2,1-2H3/t11-,18-,19+,20+,21+/m0/s1. The number of fused-ring (bicyclic) bond motifs is 3. The number of nitrogens with one attached hydrogen (secondary N) is 1. The van der Waals surface area contributed by atoms with E-state index in [0.29, 0.717) is 11.2 Å². The highest BCUT2D eigenvalue weighted by Crippen LogP contribution is 2.30. The predicted molar refractivity (Wildman–Crippen MR) is 106 cm³/mol. The lowest BCUT2D eigenvalue weighted by molar-refractivity contribution is -0.292. The highest BCUT2D eigenvalue weighted by Gasteiger charge is 2.42. The van der Waals surface area contributed by atoms with Gasteiger partial charge in [0.25, 0.3) is 0 Å². The van der Waals surface area contributed by atoms with Crippen molar-refractivity contribution in [3.05, 3.63) is 41.7 Å². The summed E-state index contributed by atoms with van der Waals surface area (Å²) in [5.41, 5.74) is 2.94. The minimum Gasteiger partial charge on any atom is -0.388 e. The average molecular weight is 400 g/mol. The molecule has 0 bridgehead atoms. The van der Waals surface area contributed by atoms with Crippen molar-refractivity contribution >= 4 is 27.6 Å². The number of aliphatic hydroxyl groups is 3. The number of nitrogens with zero attached hydrogens (tertiary/aromatic N) is 1. The molecule has 1 aliphatic rings. The second kappa shape index (κ2) is 7.81. The van der Waals surface area contributed by atoms with E-state index in [0.717, 1.165) is 21.9 Å². The number of hydrogen-bond donors (Lipinski definition) is 4. The third-order valence-electron chi connectivity index (χ3n) is 5.41. The number of carbonyl (C=O) groups is 1. The molecule has 2 aromatic heterocycles. The van der Waals surface area contributed by atoms with Gasteiger partial charge in [0.2, 0.25) is 0 Å². The van der Waals surface area contributed by atoms with Gasteiger partial charge in [-0.2, -0.15) is 0 Å². The fraction of sp³-hybridized carbons (Fsp3) is 0.429. The SMILES string of the molecule is Cc1cnc(C(=O)CCO[C@@H]2O[C@@H](C)[C@H](O)[C@@H](O)[C@H]2O)c2[nH]c3ccccc3c12. The molecule has 29 heavy (non-hydrogen) atoms. The minimum atomic E-state index is -1.39. The van der Waals surface area contributed by atoms with Gasteiger partial charge in [-0.05, 0) is 25.5 Å². The Kier molecular flexibility index (Phi) is 5.37. The van der Waals surface area contributed by atoms with Crippen LogP contribution in [0.1, 0.15) is 29.4 Å². The number of carbonyl (C=O) groups excluding carboxylic acids is 1. The monoisotopic (exact) mass is 400 g/mol. The van der Waals surface area contributed by atoms with Gasteiger partial charge < -0.3 is 29.8 Å². The molecule has 1 aromatic carbocycles. The van der Waals surface area contributed by atoms with Crippen molar-refractivity contribution in [2.75, 3.05) is 6.61 Å². The van der Waals surface area contributed by atoms with Crippen molar-refractivity contribution in [2.45, 2.75) is 51.0 Å². The number of H-pyrrole nitrogens is 1. The van der Waals surface area contributed by atoms with Crippen LogP contribution in [0.15, 0.2) is 30.5 Å². The van der Waals surface area contributed by atoms with Crippen molar-refractivity contribution in [3.8, 4) is 0 Å². The Morgan fingerprint density at radius 3 is 2.76 bits per heavy atom. The van der Waals surface area contributed by atoms with Crippen LogP contribution in [0, 0.1) is 6.92 Å². The lowest BCUT2D eigenvalue weighted by atomic mass is 10.00. The fourth-order valence-electron chi connectivity index (χ4n) is 3.77. The molecule has 1 saturated heterocycles. The highest BCUT2D eigenvalue weighted by atomic mass is 16.7. The first-order chi connectivity index (χ1) is 13.9. The maximum Gasteiger partial charge on any atom is 0.186 e. The van der Waals surface area contributed by atoms with Gasteiger partial charge in [0.05, 0.1) is 18.2 Å². The highest BCUT2D eigenvalue weighted by molar-refractivity contribution is 6.15. The molecular weight excluding hydrogens is 376 g/mol. The van der Waals surface area contributed by atoms with Crippen molar-refractivity contribution in [1.82, 2.24) is 9.97 Å². The van der Waals surface area contributed by atoms with Crippen LogP contribution in [0.25, 0.3) is 21.8 Å². The second-order valence-electron chi connectivity index (χ2n) is 7.44. The van der Waals surface area contributed by atoms with Gasteiger partial charge in [-0.25, -0.2) is 0 Å². The van der Waals surface area contributed by atoms with Crippen molar-refractivity contribution in [3.63, 3.8) is 0 Å². The molecule has 8 nitrogen and oxygen atoms in total. The number of aryl methyl sites for hydroxylation is 1. The lowest BCUT2D eigenvalue weighted by Crippen LogP contribution is -2.57. The normalized spacial score (nSPS) is 27.6. The molecule has 4 N–H and O–H groups in total. The van der Waals surface area contributed by atoms with Crippen LogP contribution in [0.5, 0.6) is 0 Å².